The van der Waals surface area contributed by atoms with Crippen molar-refractivity contribution in [1.29, 1.82) is 0 Å². The molecular formula is C25H26O3S. The van der Waals surface area contributed by atoms with Gasteiger partial charge >= 0.3 is 5.97 Å². The van der Waals surface area contributed by atoms with E-state index in [-0.39, 0.29) is 22.4 Å². The van der Waals surface area contributed by atoms with Crippen LogP contribution in [0.25, 0.3) is 0 Å². The molecule has 1 aliphatic heterocycles. The van der Waals surface area contributed by atoms with Crippen LogP contribution in [0.15, 0.2) is 29.6 Å². The highest BCUT2D eigenvalue weighted by molar-refractivity contribution is 7.12. The number of hydrogen-bond donors (Lipinski definition) is 0. The number of carbonyl (C=O) groups excluding carboxylic acids is 1. The predicted octanol–water partition coefficient (Wildman–Crippen LogP) is 5.55. The Kier molecular flexibility index (Phi) is 3.96. The van der Waals surface area contributed by atoms with Crippen molar-refractivity contribution in [3.05, 3.63) is 51.2 Å². The zero-order chi connectivity index (χ0) is 20.4. The molecule has 2 fully saturated rings. The molecule has 0 saturated heterocycles. The molecule has 4 atom stereocenters. The molecule has 4 unspecified atom stereocenters. The molecule has 1 aromatic heterocycles. The summed E-state index contributed by atoms with van der Waals surface area (Å²) in [5, 5.41) is 1.91. The van der Waals surface area contributed by atoms with Crippen LogP contribution < -0.4 is 4.74 Å². The lowest BCUT2D eigenvalue weighted by Gasteiger charge is -2.48. The molecule has 1 aromatic carbocycles. The maximum Gasteiger partial charge on any atom is 0.348 e. The van der Waals surface area contributed by atoms with Gasteiger partial charge in [0.2, 0.25) is 0 Å². The third-order valence-electron chi connectivity index (χ3n) is 7.99. The fourth-order valence-electron chi connectivity index (χ4n) is 6.12. The number of fused-ring (bicyclic) bond motifs is 7. The van der Waals surface area contributed by atoms with Gasteiger partial charge in [0.15, 0.2) is 0 Å². The van der Waals surface area contributed by atoms with Crippen molar-refractivity contribution >= 4 is 17.3 Å². The Hall–Kier alpha value is -2.25. The summed E-state index contributed by atoms with van der Waals surface area (Å²) < 4.78 is 11.7. The number of rotatable bonds is 2. The zero-order valence-corrected chi connectivity index (χ0v) is 18.2. The first-order valence-corrected chi connectivity index (χ1v) is 11.3. The van der Waals surface area contributed by atoms with Crippen molar-refractivity contribution < 1.29 is 14.3 Å². The highest BCUT2D eigenvalue weighted by atomic mass is 32.1. The van der Waals surface area contributed by atoms with E-state index in [1.165, 1.54) is 36.2 Å². The van der Waals surface area contributed by atoms with Crippen LogP contribution >= 0.6 is 11.3 Å². The fraction of sp³-hybridized carbons (Fsp3) is 0.480. The molecule has 0 amide bonds. The highest BCUT2D eigenvalue weighted by Gasteiger charge is 2.73. The van der Waals surface area contributed by atoms with Gasteiger partial charge in [0.25, 0.3) is 0 Å². The largest absolute Gasteiger partial charge is 0.486 e. The van der Waals surface area contributed by atoms with Crippen LogP contribution in [0.1, 0.15) is 73.3 Å². The lowest BCUT2D eigenvalue weighted by molar-refractivity contribution is -0.0260. The van der Waals surface area contributed by atoms with Gasteiger partial charge in [-0.2, -0.15) is 0 Å². The van der Waals surface area contributed by atoms with E-state index >= 15 is 0 Å². The minimum absolute atomic E-state index is 0.0232. The van der Waals surface area contributed by atoms with Gasteiger partial charge in [-0.1, -0.05) is 25.7 Å². The van der Waals surface area contributed by atoms with E-state index in [0.29, 0.717) is 17.4 Å². The van der Waals surface area contributed by atoms with E-state index in [9.17, 15) is 4.79 Å². The van der Waals surface area contributed by atoms with E-state index in [1.807, 2.05) is 24.4 Å². The quantitative estimate of drug-likeness (QED) is 0.484. The van der Waals surface area contributed by atoms with Gasteiger partial charge in [-0.15, -0.1) is 11.3 Å². The maximum absolute atomic E-state index is 11.9. The third kappa shape index (κ3) is 2.40. The van der Waals surface area contributed by atoms with Crippen molar-refractivity contribution in [3.8, 4) is 17.6 Å². The third-order valence-corrected chi connectivity index (χ3v) is 8.90. The number of esters is 1. The summed E-state index contributed by atoms with van der Waals surface area (Å²) in [4.78, 5) is 12.4. The SMILES string of the molecule is CCOC(=O)c1cc(C#Cc2ccc3c(c2)C2(C)C4(C)CCC(C4)C2(C)O3)cs1. The minimum atomic E-state index is -0.281. The Balaban J connectivity index is 1.47. The summed E-state index contributed by atoms with van der Waals surface area (Å²) in [6, 6.07) is 8.18. The topological polar surface area (TPSA) is 35.5 Å². The van der Waals surface area contributed by atoms with Crippen molar-refractivity contribution in [2.75, 3.05) is 6.61 Å². The first kappa shape index (κ1) is 18.8. The van der Waals surface area contributed by atoms with Crippen LogP contribution in [0.3, 0.4) is 0 Å². The summed E-state index contributed by atoms with van der Waals surface area (Å²) in [5.41, 5.74) is 3.34. The second kappa shape index (κ2) is 6.12. The van der Waals surface area contributed by atoms with E-state index in [4.69, 9.17) is 9.47 Å². The molecule has 0 radical (unpaired) electrons. The average Bonchev–Trinajstić information content (AvgIpc) is 3.41. The van der Waals surface area contributed by atoms with E-state index in [2.05, 4.69) is 44.7 Å². The van der Waals surface area contributed by atoms with Crippen molar-refractivity contribution in [3.63, 3.8) is 0 Å². The molecule has 2 saturated carbocycles. The molecule has 150 valence electrons. The summed E-state index contributed by atoms with van der Waals surface area (Å²) in [5.74, 6) is 7.87. The molecule has 3 aliphatic rings. The Morgan fingerprint density at radius 1 is 1.24 bits per heavy atom. The molecule has 0 N–H and O–H groups in total. The average molecular weight is 407 g/mol. The van der Waals surface area contributed by atoms with Crippen molar-refractivity contribution in [2.45, 2.75) is 58.0 Å². The zero-order valence-electron chi connectivity index (χ0n) is 17.4. The first-order valence-electron chi connectivity index (χ1n) is 10.4. The number of ether oxygens (including phenoxy) is 2. The van der Waals surface area contributed by atoms with Gasteiger partial charge in [-0.3, -0.25) is 0 Å². The summed E-state index contributed by atoms with van der Waals surface area (Å²) in [6.07, 6.45) is 3.79. The van der Waals surface area contributed by atoms with Gasteiger partial charge in [-0.25, -0.2) is 4.79 Å². The number of hydrogen-bond acceptors (Lipinski definition) is 4. The second-order valence-electron chi connectivity index (χ2n) is 9.22. The number of thiophene rings is 1. The maximum atomic E-state index is 11.9. The Morgan fingerprint density at radius 3 is 2.83 bits per heavy atom. The summed E-state index contributed by atoms with van der Waals surface area (Å²) in [6.45, 7) is 9.35. The summed E-state index contributed by atoms with van der Waals surface area (Å²) in [7, 11) is 0. The molecule has 2 bridgehead atoms. The minimum Gasteiger partial charge on any atom is -0.486 e. The molecule has 3 nitrogen and oxygen atoms in total. The van der Waals surface area contributed by atoms with Crippen LogP contribution in [0.5, 0.6) is 5.75 Å². The fourth-order valence-corrected chi connectivity index (χ4v) is 6.85. The molecule has 4 heteroatoms. The van der Waals surface area contributed by atoms with Gasteiger partial charge in [-0.05, 0) is 68.7 Å². The van der Waals surface area contributed by atoms with Gasteiger partial charge in [0.1, 0.15) is 16.2 Å². The van der Waals surface area contributed by atoms with E-state index < -0.39 is 0 Å². The smallest absolute Gasteiger partial charge is 0.348 e. The monoisotopic (exact) mass is 406 g/mol. The normalized spacial score (nSPS) is 33.4. The molecule has 29 heavy (non-hydrogen) atoms. The van der Waals surface area contributed by atoms with Crippen LogP contribution in [0, 0.1) is 23.2 Å². The Labute approximate surface area is 176 Å². The van der Waals surface area contributed by atoms with Crippen LogP contribution in [-0.2, 0) is 10.2 Å². The molecule has 0 spiro atoms. The van der Waals surface area contributed by atoms with E-state index in [0.717, 1.165) is 16.9 Å². The standard InChI is InChI=1S/C25H26O3S/c1-5-27-22(26)21-13-17(15-29-21)7-6-16-8-9-20-19(12-16)24(3)23(2)11-10-18(14-23)25(24,4)28-20/h8-9,12-13,15,18H,5,10-11,14H2,1-4H3. The molecule has 2 aliphatic carbocycles. The van der Waals surface area contributed by atoms with Gasteiger partial charge in [0.05, 0.1) is 6.61 Å². The lowest BCUT2D eigenvalue weighted by atomic mass is 9.56. The predicted molar refractivity (Wildman–Crippen MR) is 115 cm³/mol. The van der Waals surface area contributed by atoms with Crippen LogP contribution in [0.2, 0.25) is 0 Å². The van der Waals surface area contributed by atoms with Gasteiger partial charge in [0, 0.05) is 27.5 Å². The highest BCUT2D eigenvalue weighted by Crippen LogP contribution is 2.73. The lowest BCUT2D eigenvalue weighted by Crippen LogP contribution is -2.54. The van der Waals surface area contributed by atoms with E-state index in [1.54, 1.807) is 0 Å². The second-order valence-corrected chi connectivity index (χ2v) is 10.1. The molecule has 2 heterocycles. The molecule has 5 rings (SSSR count). The van der Waals surface area contributed by atoms with Gasteiger partial charge < -0.3 is 9.47 Å². The Morgan fingerprint density at radius 2 is 2.03 bits per heavy atom. The van der Waals surface area contributed by atoms with Crippen molar-refractivity contribution in [2.24, 2.45) is 11.3 Å². The number of carbonyl (C=O) groups is 1. The molecule has 2 aromatic rings. The first-order chi connectivity index (χ1) is 13.8. The van der Waals surface area contributed by atoms with Crippen LogP contribution in [-0.4, -0.2) is 18.2 Å². The van der Waals surface area contributed by atoms with Crippen LogP contribution in [0.4, 0.5) is 0 Å². The number of benzene rings is 1. The van der Waals surface area contributed by atoms with Crippen molar-refractivity contribution in [1.82, 2.24) is 0 Å². The summed E-state index contributed by atoms with van der Waals surface area (Å²) >= 11 is 1.37. The molecular weight excluding hydrogens is 380 g/mol. The Bertz CT molecular complexity index is 1070.